The molecule has 1 aliphatic heterocycles. The van der Waals surface area contributed by atoms with Gasteiger partial charge >= 0.3 is 0 Å². The lowest BCUT2D eigenvalue weighted by Gasteiger charge is -2.26. The molecule has 2 amide bonds. The molecule has 0 spiro atoms. The molecule has 188 valence electrons. The number of carbonyl (C=O) groups is 2. The van der Waals surface area contributed by atoms with E-state index in [-0.39, 0.29) is 35.1 Å². The Morgan fingerprint density at radius 2 is 1.92 bits per heavy atom. The molecule has 1 saturated heterocycles. The summed E-state index contributed by atoms with van der Waals surface area (Å²) in [4.78, 5) is 32.2. The summed E-state index contributed by atoms with van der Waals surface area (Å²) in [5.41, 5.74) is 6.71. The number of hydrogen-bond acceptors (Lipinski definition) is 5. The Balaban J connectivity index is 1.83. The van der Waals surface area contributed by atoms with Crippen LogP contribution in [-0.2, 0) is 4.74 Å². The third-order valence-corrected chi connectivity index (χ3v) is 6.69. The van der Waals surface area contributed by atoms with Gasteiger partial charge in [0.15, 0.2) is 5.82 Å². The molecule has 0 radical (unpaired) electrons. The lowest BCUT2D eigenvalue weighted by molar-refractivity contribution is 0.0650. The van der Waals surface area contributed by atoms with Crippen LogP contribution in [0.3, 0.4) is 0 Å². The fraction of sp³-hybridized carbons (Fsp3) is 0.240. The zero-order valence-corrected chi connectivity index (χ0v) is 20.9. The zero-order chi connectivity index (χ0) is 26.1. The molecule has 0 aliphatic carbocycles. The van der Waals surface area contributed by atoms with Crippen LogP contribution in [-0.4, -0.2) is 56.3 Å². The van der Waals surface area contributed by atoms with Gasteiger partial charge in [-0.25, -0.2) is 13.8 Å². The lowest BCUT2D eigenvalue weighted by Crippen LogP contribution is -2.31. The van der Waals surface area contributed by atoms with Crippen LogP contribution in [0.5, 0.6) is 0 Å². The van der Waals surface area contributed by atoms with Gasteiger partial charge in [-0.3, -0.25) is 14.5 Å². The number of methoxy groups -OCH3 is 1. The minimum absolute atomic E-state index is 0.0197. The largest absolute Gasteiger partial charge is 0.377 e. The highest BCUT2D eigenvalue weighted by Gasteiger charge is 2.35. The van der Waals surface area contributed by atoms with Crippen LogP contribution in [0.1, 0.15) is 20.7 Å². The van der Waals surface area contributed by atoms with Crippen molar-refractivity contribution in [3.63, 3.8) is 0 Å². The van der Waals surface area contributed by atoms with Crippen molar-refractivity contribution < 1.29 is 23.1 Å². The molecule has 1 fully saturated rings. The summed E-state index contributed by atoms with van der Waals surface area (Å²) in [6, 6.07) is 10.2. The Kier molecular flexibility index (Phi) is 7.44. The average Bonchev–Trinajstić information content (AvgIpc) is 3.23. The molecule has 0 saturated carbocycles. The van der Waals surface area contributed by atoms with Gasteiger partial charge in [-0.15, -0.1) is 0 Å². The summed E-state index contributed by atoms with van der Waals surface area (Å²) in [6.07, 6.45) is -0.519. The number of rotatable bonds is 6. The van der Waals surface area contributed by atoms with Gasteiger partial charge in [0.25, 0.3) is 5.91 Å². The molecular weight excluding hydrogens is 513 g/mol. The minimum Gasteiger partial charge on any atom is -0.377 e. The smallest absolute Gasteiger partial charge is 0.263 e. The summed E-state index contributed by atoms with van der Waals surface area (Å²) < 4.78 is 34.3. The number of halogens is 4. The molecule has 0 unspecified atom stereocenters. The number of pyridine rings is 1. The molecule has 4 rings (SSSR count). The first kappa shape index (κ1) is 25.8. The van der Waals surface area contributed by atoms with Crippen LogP contribution in [0, 0.1) is 5.82 Å². The standard InChI is InChI=1S/C25H22Cl2F2N4O3/c1-32(25(35)22-17(27)4-3-5-18(22)28)24-20(33-11-19(29)21(12-33)36-2)9-14(10-31-24)15-8-13(23(30)34)6-7-16(15)26/h3-10,19,21H,11-12H2,1-2H3,(H2,30,34)/t19-,21-/m1/s1. The van der Waals surface area contributed by atoms with Crippen LogP contribution in [0.4, 0.5) is 20.3 Å². The second kappa shape index (κ2) is 10.4. The molecule has 2 aromatic carbocycles. The molecule has 1 aromatic heterocycles. The zero-order valence-electron chi connectivity index (χ0n) is 19.3. The second-order valence-corrected chi connectivity index (χ2v) is 9.10. The van der Waals surface area contributed by atoms with E-state index < -0.39 is 29.9 Å². The van der Waals surface area contributed by atoms with E-state index in [1.807, 2.05) is 0 Å². The third kappa shape index (κ3) is 4.86. The van der Waals surface area contributed by atoms with E-state index in [0.29, 0.717) is 21.8 Å². The highest BCUT2D eigenvalue weighted by atomic mass is 35.5. The van der Waals surface area contributed by atoms with E-state index in [4.69, 9.17) is 33.7 Å². The monoisotopic (exact) mass is 534 g/mol. The van der Waals surface area contributed by atoms with E-state index in [0.717, 1.165) is 11.0 Å². The van der Waals surface area contributed by atoms with E-state index in [2.05, 4.69) is 4.98 Å². The van der Waals surface area contributed by atoms with E-state index in [9.17, 15) is 18.4 Å². The van der Waals surface area contributed by atoms with Gasteiger partial charge in [0.1, 0.15) is 18.1 Å². The molecule has 2 atom stereocenters. The van der Waals surface area contributed by atoms with Crippen LogP contribution in [0.2, 0.25) is 10.0 Å². The number of anilines is 2. The van der Waals surface area contributed by atoms with Crippen molar-refractivity contribution in [2.24, 2.45) is 5.73 Å². The van der Waals surface area contributed by atoms with Gasteiger partial charge in [-0.05, 0) is 36.4 Å². The van der Waals surface area contributed by atoms with Crippen molar-refractivity contribution in [2.45, 2.75) is 12.3 Å². The van der Waals surface area contributed by atoms with Crippen LogP contribution >= 0.6 is 23.2 Å². The molecule has 1 aliphatic rings. The number of alkyl halides is 1. The fourth-order valence-corrected chi connectivity index (χ4v) is 4.57. The van der Waals surface area contributed by atoms with Gasteiger partial charge in [-0.2, -0.15) is 0 Å². The predicted octanol–water partition coefficient (Wildman–Crippen LogP) is 4.74. The highest BCUT2D eigenvalue weighted by Crippen LogP contribution is 2.38. The van der Waals surface area contributed by atoms with E-state index >= 15 is 0 Å². The third-order valence-electron chi connectivity index (χ3n) is 6.05. The molecule has 0 bridgehead atoms. The molecular formula is C25H22Cl2F2N4O3. The first-order valence-electron chi connectivity index (χ1n) is 10.9. The molecule has 7 nitrogen and oxygen atoms in total. The van der Waals surface area contributed by atoms with E-state index in [1.165, 1.54) is 50.7 Å². The maximum Gasteiger partial charge on any atom is 0.263 e. The van der Waals surface area contributed by atoms with Crippen molar-refractivity contribution in [1.82, 2.24) is 4.98 Å². The SMILES string of the molecule is CO[C@@H]1CN(c2cc(-c3cc(C(N)=O)ccc3Cl)cnc2N(C)C(=O)c2c(F)cccc2Cl)C[C@H]1F. The summed E-state index contributed by atoms with van der Waals surface area (Å²) in [5.74, 6) is -1.99. The van der Waals surface area contributed by atoms with Crippen LogP contribution in [0.25, 0.3) is 11.1 Å². The van der Waals surface area contributed by atoms with Crippen LogP contribution < -0.4 is 15.5 Å². The normalized spacial score (nSPS) is 17.3. The van der Waals surface area contributed by atoms with Crippen molar-refractivity contribution >= 4 is 46.5 Å². The van der Waals surface area contributed by atoms with E-state index in [1.54, 1.807) is 11.0 Å². The molecule has 2 N–H and O–H groups in total. The van der Waals surface area contributed by atoms with Gasteiger partial charge in [0, 0.05) is 48.6 Å². The Morgan fingerprint density at radius 3 is 2.56 bits per heavy atom. The first-order valence-corrected chi connectivity index (χ1v) is 11.6. The number of amides is 2. The lowest BCUT2D eigenvalue weighted by atomic mass is 10.0. The maximum absolute atomic E-state index is 14.6. The molecule has 36 heavy (non-hydrogen) atoms. The number of nitrogens with two attached hydrogens (primary N) is 1. The topological polar surface area (TPSA) is 88.8 Å². The van der Waals surface area contributed by atoms with Crippen molar-refractivity contribution in [2.75, 3.05) is 37.0 Å². The summed E-state index contributed by atoms with van der Waals surface area (Å²) >= 11 is 12.5. The number of nitrogens with zero attached hydrogens (tertiary/aromatic N) is 3. The minimum atomic E-state index is -1.28. The number of ether oxygens (including phenoxy) is 1. The first-order chi connectivity index (χ1) is 17.1. The summed E-state index contributed by atoms with van der Waals surface area (Å²) in [6.45, 7) is 0.168. The molecule has 3 aromatic rings. The number of hydrogen-bond donors (Lipinski definition) is 1. The predicted molar refractivity (Wildman–Crippen MR) is 135 cm³/mol. The molecule has 2 heterocycles. The fourth-order valence-electron chi connectivity index (χ4n) is 4.10. The second-order valence-electron chi connectivity index (χ2n) is 8.28. The number of aromatic nitrogens is 1. The Bertz CT molecular complexity index is 1320. The van der Waals surface area contributed by atoms with Crippen molar-refractivity contribution in [1.29, 1.82) is 0 Å². The van der Waals surface area contributed by atoms with Crippen molar-refractivity contribution in [3.05, 3.63) is 75.7 Å². The van der Waals surface area contributed by atoms with Gasteiger partial charge in [-0.1, -0.05) is 29.3 Å². The quantitative estimate of drug-likeness (QED) is 0.493. The average molecular weight is 535 g/mol. The Morgan fingerprint density at radius 1 is 1.17 bits per heavy atom. The van der Waals surface area contributed by atoms with Gasteiger partial charge in [0.2, 0.25) is 5.91 Å². The van der Waals surface area contributed by atoms with Crippen molar-refractivity contribution in [3.8, 4) is 11.1 Å². The number of carbonyl (C=O) groups excluding carboxylic acids is 2. The Labute approximate surface area is 216 Å². The maximum atomic E-state index is 14.6. The number of benzene rings is 2. The summed E-state index contributed by atoms with van der Waals surface area (Å²) in [7, 11) is 2.84. The highest BCUT2D eigenvalue weighted by molar-refractivity contribution is 6.34. The van der Waals surface area contributed by atoms with Gasteiger partial charge < -0.3 is 15.4 Å². The summed E-state index contributed by atoms with van der Waals surface area (Å²) in [5, 5.41) is 0.284. The molecule has 11 heteroatoms. The van der Waals surface area contributed by atoms with Gasteiger partial charge in [0.05, 0.1) is 22.8 Å². The van der Waals surface area contributed by atoms with Crippen LogP contribution in [0.15, 0.2) is 48.7 Å². The number of primary amides is 1. The Hall–Kier alpha value is -3.27.